The number of anilines is 1. The van der Waals surface area contributed by atoms with Crippen LogP contribution in [0.3, 0.4) is 0 Å². The molecule has 1 fully saturated rings. The predicted molar refractivity (Wildman–Crippen MR) is 91.7 cm³/mol. The first-order valence-electron chi connectivity index (χ1n) is 8.14. The van der Waals surface area contributed by atoms with Gasteiger partial charge in [-0.3, -0.25) is 4.79 Å². The summed E-state index contributed by atoms with van der Waals surface area (Å²) in [7, 11) is 0. The number of piperazine rings is 1. The maximum absolute atomic E-state index is 13.0. The van der Waals surface area contributed by atoms with Crippen molar-refractivity contribution >= 4 is 11.6 Å². The monoisotopic (exact) mass is 328 g/mol. The Bertz CT molecular complexity index is 668. The molecule has 2 aromatic carbocycles. The van der Waals surface area contributed by atoms with Crippen LogP contribution in [0.4, 0.5) is 10.1 Å². The van der Waals surface area contributed by atoms with Crippen molar-refractivity contribution in [1.82, 2.24) is 4.90 Å². The zero-order valence-electron chi connectivity index (χ0n) is 13.7. The van der Waals surface area contributed by atoms with E-state index in [0.29, 0.717) is 18.8 Å². The summed E-state index contributed by atoms with van der Waals surface area (Å²) in [6.45, 7) is 4.52. The number of para-hydroxylation sites is 1. The number of hydrogen-bond donors (Lipinski definition) is 0. The predicted octanol–water partition coefficient (Wildman–Crippen LogP) is 2.94. The van der Waals surface area contributed by atoms with Crippen molar-refractivity contribution in [2.45, 2.75) is 13.0 Å². The van der Waals surface area contributed by atoms with Gasteiger partial charge in [0.1, 0.15) is 11.6 Å². The highest BCUT2D eigenvalue weighted by molar-refractivity contribution is 5.81. The number of rotatable bonds is 4. The molecule has 2 aromatic rings. The van der Waals surface area contributed by atoms with Crippen molar-refractivity contribution in [3.63, 3.8) is 0 Å². The molecule has 3 rings (SSSR count). The van der Waals surface area contributed by atoms with Crippen LogP contribution in [-0.4, -0.2) is 43.1 Å². The average molecular weight is 328 g/mol. The average Bonchev–Trinajstić information content (AvgIpc) is 2.63. The molecule has 0 aliphatic carbocycles. The van der Waals surface area contributed by atoms with E-state index < -0.39 is 6.10 Å². The Balaban J connectivity index is 1.54. The third-order valence-electron chi connectivity index (χ3n) is 4.19. The first kappa shape index (κ1) is 16.3. The topological polar surface area (TPSA) is 32.8 Å². The molecule has 0 N–H and O–H groups in total. The number of carbonyl (C=O) groups is 1. The minimum absolute atomic E-state index is 0.00221. The lowest BCUT2D eigenvalue weighted by Gasteiger charge is -2.37. The van der Waals surface area contributed by atoms with Crippen LogP contribution in [0.1, 0.15) is 6.92 Å². The number of benzene rings is 2. The number of nitrogens with zero attached hydrogens (tertiary/aromatic N) is 2. The van der Waals surface area contributed by atoms with Gasteiger partial charge in [-0.1, -0.05) is 18.2 Å². The number of hydrogen-bond acceptors (Lipinski definition) is 3. The van der Waals surface area contributed by atoms with E-state index in [9.17, 15) is 9.18 Å². The molecule has 1 atom stereocenters. The molecule has 126 valence electrons. The van der Waals surface area contributed by atoms with E-state index in [2.05, 4.69) is 4.90 Å². The molecule has 0 radical (unpaired) electrons. The highest BCUT2D eigenvalue weighted by Gasteiger charge is 2.26. The standard InChI is InChI=1S/C19H21FN2O2/c1-15(24-18-5-3-2-4-6-18)19(23)22-13-11-21(12-14-22)17-9-7-16(20)8-10-17/h2-10,15H,11-14H2,1H3/t15-/m0/s1. The Labute approximate surface area is 141 Å². The maximum Gasteiger partial charge on any atom is 0.263 e. The summed E-state index contributed by atoms with van der Waals surface area (Å²) in [6.07, 6.45) is -0.509. The summed E-state index contributed by atoms with van der Waals surface area (Å²) in [4.78, 5) is 16.5. The maximum atomic E-state index is 13.0. The molecule has 5 heteroatoms. The highest BCUT2D eigenvalue weighted by atomic mass is 19.1. The molecular formula is C19H21FN2O2. The molecule has 1 amide bonds. The molecule has 0 saturated carbocycles. The van der Waals surface area contributed by atoms with Crippen LogP contribution < -0.4 is 9.64 Å². The Kier molecular flexibility index (Phi) is 4.99. The van der Waals surface area contributed by atoms with Gasteiger partial charge in [-0.05, 0) is 43.3 Å². The van der Waals surface area contributed by atoms with Crippen molar-refractivity contribution in [3.8, 4) is 5.75 Å². The van der Waals surface area contributed by atoms with Crippen LogP contribution in [0.25, 0.3) is 0 Å². The van der Waals surface area contributed by atoms with E-state index in [1.807, 2.05) is 35.2 Å². The third kappa shape index (κ3) is 3.85. The van der Waals surface area contributed by atoms with Gasteiger partial charge in [-0.15, -0.1) is 0 Å². The number of ether oxygens (including phenoxy) is 1. The SMILES string of the molecule is C[C@H](Oc1ccccc1)C(=O)N1CCN(c2ccc(F)cc2)CC1. The molecule has 24 heavy (non-hydrogen) atoms. The Hall–Kier alpha value is -2.56. The van der Waals surface area contributed by atoms with Gasteiger partial charge in [0.05, 0.1) is 0 Å². The van der Waals surface area contributed by atoms with Crippen LogP contribution in [0.15, 0.2) is 54.6 Å². The molecule has 1 heterocycles. The van der Waals surface area contributed by atoms with Crippen LogP contribution in [0.5, 0.6) is 5.75 Å². The van der Waals surface area contributed by atoms with E-state index in [-0.39, 0.29) is 11.7 Å². The van der Waals surface area contributed by atoms with E-state index in [1.54, 1.807) is 19.1 Å². The first-order valence-corrected chi connectivity index (χ1v) is 8.14. The van der Waals surface area contributed by atoms with E-state index in [1.165, 1.54) is 12.1 Å². The zero-order chi connectivity index (χ0) is 16.9. The van der Waals surface area contributed by atoms with Crippen LogP contribution in [0.2, 0.25) is 0 Å². The third-order valence-corrected chi connectivity index (χ3v) is 4.19. The van der Waals surface area contributed by atoms with E-state index in [0.717, 1.165) is 18.8 Å². The van der Waals surface area contributed by atoms with Gasteiger partial charge >= 0.3 is 0 Å². The van der Waals surface area contributed by atoms with E-state index >= 15 is 0 Å². The summed E-state index contributed by atoms with van der Waals surface area (Å²) >= 11 is 0. The molecule has 4 nitrogen and oxygen atoms in total. The largest absolute Gasteiger partial charge is 0.481 e. The molecule has 0 spiro atoms. The number of halogens is 1. The second-order valence-electron chi connectivity index (χ2n) is 5.86. The Morgan fingerprint density at radius 3 is 2.25 bits per heavy atom. The number of carbonyl (C=O) groups excluding carboxylic acids is 1. The fraction of sp³-hybridized carbons (Fsp3) is 0.316. The minimum atomic E-state index is -0.509. The van der Waals surface area contributed by atoms with Crippen molar-refractivity contribution < 1.29 is 13.9 Å². The second kappa shape index (κ2) is 7.34. The lowest BCUT2D eigenvalue weighted by Crippen LogP contribution is -2.52. The minimum Gasteiger partial charge on any atom is -0.481 e. The molecule has 0 aromatic heterocycles. The van der Waals surface area contributed by atoms with Crippen molar-refractivity contribution in [3.05, 3.63) is 60.4 Å². The Morgan fingerprint density at radius 2 is 1.62 bits per heavy atom. The summed E-state index contributed by atoms with van der Waals surface area (Å²) in [5.74, 6) is 0.459. The van der Waals surface area contributed by atoms with Gasteiger partial charge in [0.2, 0.25) is 0 Å². The quantitative estimate of drug-likeness (QED) is 0.865. The normalized spacial score (nSPS) is 15.9. The molecule has 1 aliphatic rings. The fourth-order valence-corrected chi connectivity index (χ4v) is 2.85. The van der Waals surface area contributed by atoms with Crippen LogP contribution in [0, 0.1) is 5.82 Å². The zero-order valence-corrected chi connectivity index (χ0v) is 13.7. The molecule has 0 bridgehead atoms. The van der Waals surface area contributed by atoms with Gasteiger partial charge in [0.25, 0.3) is 5.91 Å². The second-order valence-corrected chi connectivity index (χ2v) is 5.86. The summed E-state index contributed by atoms with van der Waals surface area (Å²) in [5.41, 5.74) is 0.983. The van der Waals surface area contributed by atoms with Gasteiger partial charge in [-0.25, -0.2) is 4.39 Å². The highest BCUT2D eigenvalue weighted by Crippen LogP contribution is 2.18. The van der Waals surface area contributed by atoms with Crippen LogP contribution in [-0.2, 0) is 4.79 Å². The molecule has 1 saturated heterocycles. The van der Waals surface area contributed by atoms with Gasteiger partial charge < -0.3 is 14.5 Å². The van der Waals surface area contributed by atoms with Gasteiger partial charge in [-0.2, -0.15) is 0 Å². The van der Waals surface area contributed by atoms with Crippen molar-refractivity contribution in [2.75, 3.05) is 31.1 Å². The molecule has 1 aliphatic heterocycles. The van der Waals surface area contributed by atoms with E-state index in [4.69, 9.17) is 4.74 Å². The molecular weight excluding hydrogens is 307 g/mol. The number of amides is 1. The van der Waals surface area contributed by atoms with Gasteiger partial charge in [0, 0.05) is 31.9 Å². The van der Waals surface area contributed by atoms with Crippen molar-refractivity contribution in [2.24, 2.45) is 0 Å². The smallest absolute Gasteiger partial charge is 0.263 e. The Morgan fingerprint density at radius 1 is 1.00 bits per heavy atom. The first-order chi connectivity index (χ1) is 11.6. The van der Waals surface area contributed by atoms with Crippen LogP contribution >= 0.6 is 0 Å². The summed E-state index contributed by atoms with van der Waals surface area (Å²) in [5, 5.41) is 0. The van der Waals surface area contributed by atoms with Crippen molar-refractivity contribution in [1.29, 1.82) is 0 Å². The summed E-state index contributed by atoms with van der Waals surface area (Å²) < 4.78 is 18.7. The lowest BCUT2D eigenvalue weighted by molar-refractivity contribution is -0.138. The molecule has 0 unspecified atom stereocenters. The summed E-state index contributed by atoms with van der Waals surface area (Å²) in [6, 6.07) is 15.8. The fourth-order valence-electron chi connectivity index (χ4n) is 2.85. The lowest BCUT2D eigenvalue weighted by atomic mass is 10.2. The van der Waals surface area contributed by atoms with Gasteiger partial charge in [0.15, 0.2) is 6.10 Å².